The lowest BCUT2D eigenvalue weighted by atomic mass is 10.1. The highest BCUT2D eigenvalue weighted by atomic mass is 79.9. The van der Waals surface area contributed by atoms with E-state index in [4.69, 9.17) is 12.2 Å². The third kappa shape index (κ3) is 2.62. The van der Waals surface area contributed by atoms with Gasteiger partial charge in [0.2, 0.25) is 0 Å². The van der Waals surface area contributed by atoms with Crippen molar-refractivity contribution in [2.75, 3.05) is 16.3 Å². The average molecular weight is 445 g/mol. The number of rotatable bonds is 2. The fraction of sp³-hybridized carbons (Fsp3) is 0.105. The molecule has 0 unspecified atom stereocenters. The van der Waals surface area contributed by atoms with Crippen molar-refractivity contribution >= 4 is 73.0 Å². The van der Waals surface area contributed by atoms with Crippen LogP contribution in [0.25, 0.3) is 5.57 Å². The van der Waals surface area contributed by atoms with Crippen molar-refractivity contribution in [2.24, 2.45) is 0 Å². The number of hydrogen-bond acceptors (Lipinski definition) is 4. The van der Waals surface area contributed by atoms with Crippen molar-refractivity contribution in [3.63, 3.8) is 0 Å². The van der Waals surface area contributed by atoms with Crippen LogP contribution in [-0.4, -0.2) is 22.7 Å². The Hall–Kier alpha value is -1.96. The summed E-state index contributed by atoms with van der Waals surface area (Å²) < 4.78 is 1.35. The number of carbonyl (C=O) groups is 2. The van der Waals surface area contributed by atoms with Crippen LogP contribution in [0.3, 0.4) is 0 Å². The maximum Gasteiger partial charge on any atom is 0.271 e. The van der Waals surface area contributed by atoms with Crippen LogP contribution in [0.4, 0.5) is 11.4 Å². The molecule has 2 heterocycles. The van der Waals surface area contributed by atoms with Gasteiger partial charge >= 0.3 is 0 Å². The second kappa shape index (κ2) is 6.64. The second-order valence-electron chi connectivity index (χ2n) is 5.76. The third-order valence-electron chi connectivity index (χ3n) is 4.32. The Balaban J connectivity index is 1.83. The van der Waals surface area contributed by atoms with Gasteiger partial charge in [-0.3, -0.25) is 14.5 Å². The smallest absolute Gasteiger partial charge is 0.271 e. The van der Waals surface area contributed by atoms with Crippen LogP contribution in [0.5, 0.6) is 0 Å². The molecule has 7 heteroatoms. The summed E-state index contributed by atoms with van der Waals surface area (Å²) in [6.07, 6.45) is 0. The molecule has 0 radical (unpaired) electrons. The van der Waals surface area contributed by atoms with Gasteiger partial charge in [-0.05, 0) is 37.3 Å². The average Bonchev–Trinajstić information content (AvgIpc) is 3.08. The van der Waals surface area contributed by atoms with Gasteiger partial charge in [-0.15, -0.1) is 0 Å². The molecule has 0 spiro atoms. The Bertz CT molecular complexity index is 985. The number of benzene rings is 2. The van der Waals surface area contributed by atoms with Crippen LogP contribution in [-0.2, 0) is 9.59 Å². The number of nitrogens with zero attached hydrogens (tertiary/aromatic N) is 2. The van der Waals surface area contributed by atoms with E-state index in [1.807, 2.05) is 55.5 Å². The largest absolute Gasteiger partial charge is 0.308 e. The summed E-state index contributed by atoms with van der Waals surface area (Å²) in [5.74, 6) is -0.400. The summed E-state index contributed by atoms with van der Waals surface area (Å²) in [5, 5.41) is 0. The van der Waals surface area contributed by atoms with Crippen LogP contribution in [0.15, 0.2) is 57.9 Å². The van der Waals surface area contributed by atoms with Crippen molar-refractivity contribution in [3.05, 3.63) is 63.5 Å². The molecule has 0 aromatic heterocycles. The zero-order chi connectivity index (χ0) is 18.4. The number of amides is 2. The van der Waals surface area contributed by atoms with Gasteiger partial charge in [0, 0.05) is 16.6 Å². The monoisotopic (exact) mass is 444 g/mol. The normalized spacial score (nSPS) is 19.5. The number of carbonyl (C=O) groups excluding carboxylic acids is 2. The standard InChI is InChI=1S/C19H13BrN2O2S2/c1-2-21-14-6-4-3-5-13(14)15(17(21)23)16-18(24)22(19(25)26-16)12-9-7-11(20)8-10-12/h3-10H,2H2,1H3/b16-15-. The molecule has 4 rings (SSSR count). The molecule has 2 amide bonds. The summed E-state index contributed by atoms with van der Waals surface area (Å²) in [6, 6.07) is 14.9. The molecule has 0 aliphatic carbocycles. The summed E-state index contributed by atoms with van der Waals surface area (Å²) >= 11 is 10.0. The zero-order valence-corrected chi connectivity index (χ0v) is 17.0. The number of thioether (sulfide) groups is 1. The van der Waals surface area contributed by atoms with Gasteiger partial charge in [-0.25, -0.2) is 0 Å². The predicted molar refractivity (Wildman–Crippen MR) is 113 cm³/mol. The Morgan fingerprint density at radius 3 is 2.42 bits per heavy atom. The fourth-order valence-corrected chi connectivity index (χ4v) is 4.78. The highest BCUT2D eigenvalue weighted by Crippen LogP contribution is 2.45. The minimum Gasteiger partial charge on any atom is -0.308 e. The number of para-hydroxylation sites is 1. The van der Waals surface area contributed by atoms with E-state index in [0.717, 1.165) is 15.7 Å². The number of hydrogen-bond donors (Lipinski definition) is 0. The van der Waals surface area contributed by atoms with Gasteiger partial charge in [-0.1, -0.05) is 58.1 Å². The lowest BCUT2D eigenvalue weighted by Crippen LogP contribution is -2.29. The molecule has 0 saturated carbocycles. The SMILES string of the molecule is CCN1C(=O)/C(=C2\SC(=S)N(c3ccc(Br)cc3)C2=O)c2ccccc21. The highest BCUT2D eigenvalue weighted by Gasteiger charge is 2.42. The summed E-state index contributed by atoms with van der Waals surface area (Å²) in [5.41, 5.74) is 2.76. The first kappa shape index (κ1) is 17.5. The van der Waals surface area contributed by atoms with Gasteiger partial charge in [0.15, 0.2) is 4.32 Å². The van der Waals surface area contributed by atoms with Crippen molar-refractivity contribution < 1.29 is 9.59 Å². The Morgan fingerprint density at radius 2 is 1.73 bits per heavy atom. The van der Waals surface area contributed by atoms with E-state index >= 15 is 0 Å². The highest BCUT2D eigenvalue weighted by molar-refractivity contribution is 9.10. The first-order valence-corrected chi connectivity index (χ1v) is 10.0. The van der Waals surface area contributed by atoms with Crippen molar-refractivity contribution in [1.82, 2.24) is 0 Å². The number of halogens is 1. The first-order chi connectivity index (χ1) is 12.5. The molecular weight excluding hydrogens is 432 g/mol. The van der Waals surface area contributed by atoms with Gasteiger partial charge in [0.25, 0.3) is 11.8 Å². The quantitative estimate of drug-likeness (QED) is 0.501. The summed E-state index contributed by atoms with van der Waals surface area (Å²) in [7, 11) is 0. The van der Waals surface area contributed by atoms with E-state index in [-0.39, 0.29) is 11.8 Å². The van der Waals surface area contributed by atoms with Crippen molar-refractivity contribution in [2.45, 2.75) is 6.92 Å². The maximum absolute atomic E-state index is 13.1. The van der Waals surface area contributed by atoms with Gasteiger partial charge in [0.05, 0.1) is 21.9 Å². The Kier molecular flexibility index (Phi) is 4.46. The Morgan fingerprint density at radius 1 is 1.04 bits per heavy atom. The lowest BCUT2D eigenvalue weighted by Gasteiger charge is -2.14. The molecule has 2 aliphatic heterocycles. The fourth-order valence-electron chi connectivity index (χ4n) is 3.15. The minimum atomic E-state index is -0.251. The van der Waals surface area contributed by atoms with Gasteiger partial charge < -0.3 is 4.90 Å². The predicted octanol–water partition coefficient (Wildman–Crippen LogP) is 4.59. The van der Waals surface area contributed by atoms with Crippen LogP contribution in [0.2, 0.25) is 0 Å². The number of anilines is 2. The zero-order valence-electron chi connectivity index (χ0n) is 13.7. The van der Waals surface area contributed by atoms with Crippen molar-refractivity contribution in [1.29, 1.82) is 0 Å². The van der Waals surface area contributed by atoms with Crippen LogP contribution < -0.4 is 9.80 Å². The van der Waals surface area contributed by atoms with E-state index in [1.54, 1.807) is 4.90 Å². The number of likely N-dealkylation sites (N-methyl/N-ethyl adjacent to an activating group) is 1. The van der Waals surface area contributed by atoms with E-state index in [2.05, 4.69) is 15.9 Å². The molecule has 1 saturated heterocycles. The number of fused-ring (bicyclic) bond motifs is 1. The van der Waals surface area contributed by atoms with Crippen LogP contribution >= 0.6 is 39.9 Å². The van der Waals surface area contributed by atoms with E-state index in [0.29, 0.717) is 27.0 Å². The molecule has 1 fully saturated rings. The minimum absolute atomic E-state index is 0.148. The maximum atomic E-state index is 13.1. The first-order valence-electron chi connectivity index (χ1n) is 8.00. The summed E-state index contributed by atoms with van der Waals surface area (Å²) in [4.78, 5) is 29.6. The third-order valence-corrected chi connectivity index (χ3v) is 6.22. The van der Waals surface area contributed by atoms with Crippen LogP contribution in [0, 0.1) is 0 Å². The molecule has 26 heavy (non-hydrogen) atoms. The molecule has 0 atom stereocenters. The van der Waals surface area contributed by atoms with E-state index in [1.165, 1.54) is 16.7 Å². The van der Waals surface area contributed by atoms with E-state index in [9.17, 15) is 9.59 Å². The molecule has 4 nitrogen and oxygen atoms in total. The lowest BCUT2D eigenvalue weighted by molar-refractivity contribution is -0.115. The molecule has 130 valence electrons. The van der Waals surface area contributed by atoms with Gasteiger partial charge in [-0.2, -0.15) is 0 Å². The molecule has 0 N–H and O–H groups in total. The van der Waals surface area contributed by atoms with Crippen LogP contribution in [0.1, 0.15) is 12.5 Å². The molecule has 0 bridgehead atoms. The molecular formula is C19H13BrN2O2S2. The molecule has 2 aromatic rings. The van der Waals surface area contributed by atoms with Crippen molar-refractivity contribution in [3.8, 4) is 0 Å². The second-order valence-corrected chi connectivity index (χ2v) is 8.32. The number of thiocarbonyl (C=S) groups is 1. The Labute approximate surface area is 169 Å². The molecule has 2 aromatic carbocycles. The van der Waals surface area contributed by atoms with E-state index < -0.39 is 0 Å². The topological polar surface area (TPSA) is 40.6 Å². The van der Waals surface area contributed by atoms with Gasteiger partial charge in [0.1, 0.15) is 0 Å². The summed E-state index contributed by atoms with van der Waals surface area (Å²) in [6.45, 7) is 2.47. The molecule has 2 aliphatic rings.